The van der Waals surface area contributed by atoms with Crippen molar-refractivity contribution in [3.63, 3.8) is 0 Å². The number of hydrogen-bond donors (Lipinski definition) is 0. The fourth-order valence-corrected chi connectivity index (χ4v) is 3.82. The third kappa shape index (κ3) is 11.9. The Labute approximate surface area is 191 Å². The van der Waals surface area contributed by atoms with Crippen LogP contribution in [0.3, 0.4) is 0 Å². The molecule has 0 unspecified atom stereocenters. The molecule has 7 nitrogen and oxygen atoms in total. The maximum Gasteiger partial charge on any atom is 0.173 e. The molecule has 31 heavy (non-hydrogen) atoms. The number of carbonyl (C=O) groups is 1. The Bertz CT molecular complexity index is 788. The Morgan fingerprint density at radius 3 is 1.77 bits per heavy atom. The molecule has 0 aliphatic rings. The van der Waals surface area contributed by atoms with Crippen LogP contribution in [0.2, 0.25) is 0 Å². The van der Waals surface area contributed by atoms with Crippen molar-refractivity contribution in [2.24, 2.45) is 9.98 Å². The normalized spacial score (nSPS) is 11.6. The number of methoxy groups -OCH3 is 1. The van der Waals surface area contributed by atoms with Gasteiger partial charge in [0.2, 0.25) is 0 Å². The van der Waals surface area contributed by atoms with Gasteiger partial charge >= 0.3 is 0 Å². The van der Waals surface area contributed by atoms with E-state index in [1.807, 2.05) is 24.4 Å². The lowest BCUT2D eigenvalue weighted by atomic mass is 10.4. The first-order valence-electron chi connectivity index (χ1n) is 10.2. The van der Waals surface area contributed by atoms with E-state index in [1.165, 1.54) is 11.3 Å². The summed E-state index contributed by atoms with van der Waals surface area (Å²) < 4.78 is 21.7. The second-order valence-electron chi connectivity index (χ2n) is 6.33. The van der Waals surface area contributed by atoms with Crippen LogP contribution in [0.1, 0.15) is 32.3 Å². The van der Waals surface area contributed by atoms with Gasteiger partial charge in [-0.3, -0.25) is 14.8 Å². The number of carbonyl (C=O) groups excluding carboxylic acids is 1. The molecule has 2 heterocycles. The molecule has 0 aliphatic carbocycles. The molecule has 0 saturated heterocycles. The molecule has 0 aliphatic heterocycles. The van der Waals surface area contributed by atoms with Crippen molar-refractivity contribution in [2.45, 2.75) is 12.8 Å². The second kappa shape index (κ2) is 16.7. The van der Waals surface area contributed by atoms with Crippen LogP contribution in [0.4, 0.5) is 0 Å². The molecule has 2 aromatic rings. The van der Waals surface area contributed by atoms with Crippen molar-refractivity contribution in [2.75, 3.05) is 59.8 Å². The van der Waals surface area contributed by atoms with Crippen molar-refractivity contribution in [3.05, 3.63) is 38.9 Å². The third-order valence-corrected chi connectivity index (χ3v) is 5.83. The number of rotatable bonds is 18. The van der Waals surface area contributed by atoms with Crippen LogP contribution in [-0.4, -0.2) is 78.6 Å². The fraction of sp³-hybridized carbons (Fsp3) is 0.500. The molecule has 0 saturated carbocycles. The van der Waals surface area contributed by atoms with Crippen LogP contribution in [0.5, 0.6) is 5.06 Å². The molecule has 170 valence electrons. The first-order chi connectivity index (χ1) is 15.3. The number of thiophene rings is 2. The zero-order chi connectivity index (χ0) is 22.0. The summed E-state index contributed by atoms with van der Waals surface area (Å²) in [5.41, 5.74) is 0. The molecular weight excluding hydrogens is 436 g/mol. The minimum absolute atomic E-state index is 0.560. The minimum atomic E-state index is 0.560. The van der Waals surface area contributed by atoms with Gasteiger partial charge in [0.05, 0.1) is 38.4 Å². The molecule has 0 amide bonds. The van der Waals surface area contributed by atoms with Gasteiger partial charge in [-0.1, -0.05) is 11.3 Å². The van der Waals surface area contributed by atoms with Crippen LogP contribution < -0.4 is 4.74 Å². The molecule has 0 bridgehead atoms. The Morgan fingerprint density at radius 1 is 0.742 bits per heavy atom. The quantitative estimate of drug-likeness (QED) is 0.189. The zero-order valence-corrected chi connectivity index (χ0v) is 19.5. The fourth-order valence-electron chi connectivity index (χ4n) is 2.38. The number of nitrogens with zero attached hydrogens (tertiary/aromatic N) is 2. The van der Waals surface area contributed by atoms with Gasteiger partial charge in [0, 0.05) is 48.5 Å². The summed E-state index contributed by atoms with van der Waals surface area (Å²) in [5, 5.41) is 0.894. The van der Waals surface area contributed by atoms with Crippen LogP contribution in [-0.2, 0) is 14.2 Å². The maximum atomic E-state index is 10.6. The van der Waals surface area contributed by atoms with Crippen molar-refractivity contribution >= 4 is 41.4 Å². The molecule has 0 N–H and O–H groups in total. The molecule has 9 heteroatoms. The van der Waals surface area contributed by atoms with Gasteiger partial charge in [0.15, 0.2) is 11.3 Å². The second-order valence-corrected chi connectivity index (χ2v) is 8.56. The molecule has 0 radical (unpaired) electrons. The van der Waals surface area contributed by atoms with Crippen molar-refractivity contribution in [3.8, 4) is 5.06 Å². The van der Waals surface area contributed by atoms with E-state index >= 15 is 0 Å². The van der Waals surface area contributed by atoms with Crippen LogP contribution in [0, 0.1) is 0 Å². The number of ether oxygens (including phenoxy) is 4. The topological polar surface area (TPSA) is 78.7 Å². The molecule has 0 atom stereocenters. The standard InChI is InChI=1S/C22H30N2O5S2/c1-26-22-7-6-20(31-22)17-24-9-3-11-28-13-15-29-14-12-27-10-2-8-23-16-19-4-5-21(18-25)30-19/h4-7,16-18H,2-3,8-15H2,1H3. The average Bonchev–Trinajstić information content (AvgIpc) is 3.45. The van der Waals surface area contributed by atoms with E-state index in [2.05, 4.69) is 9.98 Å². The highest BCUT2D eigenvalue weighted by Crippen LogP contribution is 2.22. The van der Waals surface area contributed by atoms with Gasteiger partial charge in [-0.15, -0.1) is 11.3 Å². The van der Waals surface area contributed by atoms with Crippen LogP contribution in [0.15, 0.2) is 34.3 Å². The largest absolute Gasteiger partial charge is 0.487 e. The highest BCUT2D eigenvalue weighted by atomic mass is 32.1. The highest BCUT2D eigenvalue weighted by Gasteiger charge is 1.97. The lowest BCUT2D eigenvalue weighted by Gasteiger charge is -2.06. The van der Waals surface area contributed by atoms with Crippen molar-refractivity contribution < 1.29 is 23.7 Å². The van der Waals surface area contributed by atoms with E-state index in [-0.39, 0.29) is 0 Å². The van der Waals surface area contributed by atoms with Crippen molar-refractivity contribution in [1.82, 2.24) is 0 Å². The number of aldehydes is 1. The highest BCUT2D eigenvalue weighted by molar-refractivity contribution is 7.15. The van der Waals surface area contributed by atoms with Gasteiger partial charge < -0.3 is 18.9 Å². The maximum absolute atomic E-state index is 10.6. The SMILES string of the molecule is COc1ccc(C=NCCCOCCOCCOCCCN=Cc2ccc(C=O)s2)s1. The summed E-state index contributed by atoms with van der Waals surface area (Å²) in [4.78, 5) is 22.1. The zero-order valence-electron chi connectivity index (χ0n) is 17.9. The smallest absolute Gasteiger partial charge is 0.173 e. The Kier molecular flexibility index (Phi) is 13.7. The predicted octanol–water partition coefficient (Wildman–Crippen LogP) is 4.00. The number of hydrogen-bond acceptors (Lipinski definition) is 9. The van der Waals surface area contributed by atoms with E-state index in [0.717, 1.165) is 45.4 Å². The average molecular weight is 467 g/mol. The van der Waals surface area contributed by atoms with E-state index in [0.29, 0.717) is 46.2 Å². The first kappa shape index (κ1) is 25.4. The van der Waals surface area contributed by atoms with Crippen LogP contribution in [0.25, 0.3) is 0 Å². The van der Waals surface area contributed by atoms with Gasteiger partial charge in [-0.2, -0.15) is 0 Å². The minimum Gasteiger partial charge on any atom is -0.487 e. The van der Waals surface area contributed by atoms with Gasteiger partial charge in [-0.25, -0.2) is 0 Å². The van der Waals surface area contributed by atoms with E-state index < -0.39 is 0 Å². The lowest BCUT2D eigenvalue weighted by Crippen LogP contribution is -2.10. The summed E-state index contributed by atoms with van der Waals surface area (Å²) in [6.45, 7) is 5.04. The predicted molar refractivity (Wildman–Crippen MR) is 127 cm³/mol. The molecule has 2 rings (SSSR count). The van der Waals surface area contributed by atoms with Gasteiger partial charge in [0.25, 0.3) is 0 Å². The van der Waals surface area contributed by atoms with E-state index in [9.17, 15) is 4.79 Å². The first-order valence-corrected chi connectivity index (χ1v) is 11.9. The summed E-state index contributed by atoms with van der Waals surface area (Å²) in [6, 6.07) is 7.63. The summed E-state index contributed by atoms with van der Waals surface area (Å²) in [5.74, 6) is 0. The van der Waals surface area contributed by atoms with Gasteiger partial charge in [-0.05, 0) is 37.1 Å². The summed E-state index contributed by atoms with van der Waals surface area (Å²) in [7, 11) is 1.67. The Morgan fingerprint density at radius 2 is 1.26 bits per heavy atom. The van der Waals surface area contributed by atoms with E-state index in [4.69, 9.17) is 18.9 Å². The summed E-state index contributed by atoms with van der Waals surface area (Å²) in [6.07, 6.45) is 6.26. The summed E-state index contributed by atoms with van der Waals surface area (Å²) >= 11 is 3.01. The van der Waals surface area contributed by atoms with E-state index in [1.54, 1.807) is 30.7 Å². The Balaban J connectivity index is 1.31. The molecular formula is C22H30N2O5S2. The third-order valence-electron chi connectivity index (χ3n) is 3.90. The molecule has 0 aromatic carbocycles. The van der Waals surface area contributed by atoms with Crippen molar-refractivity contribution in [1.29, 1.82) is 0 Å². The number of aliphatic imine (C=N–C) groups is 2. The van der Waals surface area contributed by atoms with Crippen LogP contribution >= 0.6 is 22.7 Å². The molecule has 0 fully saturated rings. The molecule has 2 aromatic heterocycles. The molecule has 0 spiro atoms. The lowest BCUT2D eigenvalue weighted by molar-refractivity contribution is 0.0143. The Hall–Kier alpha value is -1.91. The monoisotopic (exact) mass is 466 g/mol. The van der Waals surface area contributed by atoms with Gasteiger partial charge in [0.1, 0.15) is 0 Å².